The normalized spacial score (nSPS) is 28.7. The fourth-order valence-corrected chi connectivity index (χ4v) is 5.58. The van der Waals surface area contributed by atoms with Gasteiger partial charge in [-0.1, -0.05) is 6.42 Å². The van der Waals surface area contributed by atoms with E-state index in [4.69, 9.17) is 10.5 Å². The number of nitrogens with two attached hydrogens (primary N) is 1. The number of allylic oxidation sites excluding steroid dienone is 1. The summed E-state index contributed by atoms with van der Waals surface area (Å²) in [6.45, 7) is 2.91. The molecule has 0 unspecified atom stereocenters. The molecule has 1 saturated heterocycles. The van der Waals surface area contributed by atoms with Gasteiger partial charge in [0.1, 0.15) is 11.9 Å². The van der Waals surface area contributed by atoms with Crippen molar-refractivity contribution in [3.05, 3.63) is 23.2 Å². The lowest BCUT2D eigenvalue weighted by molar-refractivity contribution is -0.143. The van der Waals surface area contributed by atoms with Crippen LogP contribution in [0.25, 0.3) is 5.70 Å². The number of ether oxygens (including phenoxy) is 1. The number of carboxylic acids is 1. The number of hydrogen-bond donors (Lipinski definition) is 2. The number of Topliss-reactive ketones (excluding diaryl/α,β-unsaturated/α-hetero) is 2. The molecule has 4 rings (SSSR count). The van der Waals surface area contributed by atoms with E-state index in [-0.39, 0.29) is 46.8 Å². The predicted octanol–water partition coefficient (Wildman–Crippen LogP) is 2.59. The number of nitrogens with zero attached hydrogens (tertiary/aromatic N) is 3. The van der Waals surface area contributed by atoms with Crippen molar-refractivity contribution in [3.8, 4) is 5.88 Å². The summed E-state index contributed by atoms with van der Waals surface area (Å²) in [5.74, 6) is -1.42. The fraction of sp³-hybridized carbons (Fsp3) is 0.625. The Labute approximate surface area is 193 Å². The Balaban J connectivity index is 1.68. The maximum absolute atomic E-state index is 13.5. The number of aromatic carboxylic acids is 1. The number of rotatable bonds is 5. The van der Waals surface area contributed by atoms with Crippen molar-refractivity contribution in [2.24, 2.45) is 11.1 Å². The van der Waals surface area contributed by atoms with Crippen molar-refractivity contribution in [1.29, 1.82) is 0 Å². The minimum atomic E-state index is -1.24. The van der Waals surface area contributed by atoms with Gasteiger partial charge in [0.25, 0.3) is 0 Å². The Morgan fingerprint density at radius 1 is 1.21 bits per heavy atom. The summed E-state index contributed by atoms with van der Waals surface area (Å²) in [5, 5.41) is 9.58. The molecular weight excluding hydrogens is 424 g/mol. The number of aromatic nitrogens is 2. The van der Waals surface area contributed by atoms with Gasteiger partial charge in [0.05, 0.1) is 11.1 Å². The summed E-state index contributed by atoms with van der Waals surface area (Å²) in [5.41, 5.74) is 5.49. The number of ketones is 2. The van der Waals surface area contributed by atoms with E-state index in [1.165, 1.54) is 6.07 Å². The van der Waals surface area contributed by atoms with E-state index >= 15 is 0 Å². The zero-order valence-electron chi connectivity index (χ0n) is 19.3. The molecule has 3 aliphatic rings. The average molecular weight is 457 g/mol. The lowest BCUT2D eigenvalue weighted by Crippen LogP contribution is -2.45. The van der Waals surface area contributed by atoms with Gasteiger partial charge in [0.2, 0.25) is 5.88 Å². The minimum Gasteiger partial charge on any atom is -0.477 e. The van der Waals surface area contributed by atoms with Crippen molar-refractivity contribution in [1.82, 2.24) is 14.9 Å². The van der Waals surface area contributed by atoms with Crippen LogP contribution < -0.4 is 10.5 Å². The maximum atomic E-state index is 13.5. The minimum absolute atomic E-state index is 0.0116. The van der Waals surface area contributed by atoms with Gasteiger partial charge in [0.15, 0.2) is 17.3 Å². The van der Waals surface area contributed by atoms with Crippen LogP contribution in [0.1, 0.15) is 81.0 Å². The van der Waals surface area contributed by atoms with Crippen molar-refractivity contribution in [2.45, 2.75) is 76.9 Å². The second kappa shape index (κ2) is 9.21. The highest BCUT2D eigenvalue weighted by atomic mass is 16.5. The van der Waals surface area contributed by atoms with Crippen LogP contribution in [0.2, 0.25) is 0 Å². The van der Waals surface area contributed by atoms with E-state index in [0.717, 1.165) is 32.2 Å². The summed E-state index contributed by atoms with van der Waals surface area (Å²) in [6.07, 6.45) is 6.06. The second-order valence-corrected chi connectivity index (χ2v) is 9.52. The molecule has 3 atom stereocenters. The van der Waals surface area contributed by atoms with Crippen molar-refractivity contribution in [2.75, 3.05) is 13.6 Å². The summed E-state index contributed by atoms with van der Waals surface area (Å²) < 4.78 is 6.02. The first-order valence-corrected chi connectivity index (χ1v) is 11.8. The average Bonchev–Trinajstić information content (AvgIpc) is 3.22. The van der Waals surface area contributed by atoms with E-state index in [1.807, 2.05) is 14.0 Å². The molecule has 1 spiro atoms. The number of carbonyl (C=O) groups is 3. The smallest absolute Gasteiger partial charge is 0.354 e. The van der Waals surface area contributed by atoms with E-state index in [9.17, 15) is 19.5 Å². The molecular formula is C24H32N4O5. The molecule has 3 fully saturated rings. The van der Waals surface area contributed by atoms with Gasteiger partial charge in [-0.15, -0.1) is 0 Å². The van der Waals surface area contributed by atoms with Crippen LogP contribution in [-0.4, -0.2) is 63.2 Å². The molecule has 33 heavy (non-hydrogen) atoms. The number of hydrogen-bond acceptors (Lipinski definition) is 8. The number of carboxylic acid groups (broad SMARTS) is 1. The zero-order valence-corrected chi connectivity index (χ0v) is 19.3. The summed E-state index contributed by atoms with van der Waals surface area (Å²) in [7, 11) is 2.03. The van der Waals surface area contributed by atoms with E-state index in [2.05, 4.69) is 14.9 Å². The third kappa shape index (κ3) is 4.38. The molecule has 178 valence electrons. The standard InChI is InChI=1S/C24H32N4O5/c1-14(17-8-6-12-28(17)2)33-19-13-16(23(31)32)26-22(27-19)20(25)15-7-5-11-24(21(15)30)10-4-3-9-18(24)29/h13-14,17H,3-12,25H2,1-2H3,(H,31,32)/t14-,17-,24+/m0/s1. The molecule has 3 N–H and O–H groups in total. The zero-order chi connectivity index (χ0) is 23.8. The Morgan fingerprint density at radius 3 is 2.64 bits per heavy atom. The second-order valence-electron chi connectivity index (χ2n) is 9.52. The monoisotopic (exact) mass is 456 g/mol. The Kier molecular flexibility index (Phi) is 6.52. The topological polar surface area (TPSA) is 136 Å². The van der Waals surface area contributed by atoms with Gasteiger partial charge < -0.3 is 15.6 Å². The highest BCUT2D eigenvalue weighted by Crippen LogP contribution is 2.45. The van der Waals surface area contributed by atoms with Gasteiger partial charge in [0, 0.05) is 24.1 Å². The molecule has 1 aromatic rings. The van der Waals surface area contributed by atoms with Crippen LogP contribution in [0.5, 0.6) is 5.88 Å². The highest BCUT2D eigenvalue weighted by Gasteiger charge is 2.49. The third-order valence-corrected chi connectivity index (χ3v) is 7.44. The molecule has 0 bridgehead atoms. The summed E-state index contributed by atoms with van der Waals surface area (Å²) in [4.78, 5) is 48.6. The first-order valence-electron chi connectivity index (χ1n) is 11.8. The SMILES string of the molecule is C[C@H](Oc1cc(C(=O)O)nc(C(N)=C2CCC[C@@]3(CCCCC3=O)C2=O)n1)[C@@H]1CCCN1C. The fourth-order valence-electron chi connectivity index (χ4n) is 5.58. The lowest BCUT2D eigenvalue weighted by atomic mass is 9.62. The third-order valence-electron chi connectivity index (χ3n) is 7.44. The van der Waals surface area contributed by atoms with Gasteiger partial charge in [-0.05, 0) is 65.5 Å². The molecule has 9 heteroatoms. The first-order chi connectivity index (χ1) is 15.7. The van der Waals surface area contributed by atoms with Gasteiger partial charge >= 0.3 is 5.97 Å². The Bertz CT molecular complexity index is 1000. The van der Waals surface area contributed by atoms with Crippen LogP contribution in [0.3, 0.4) is 0 Å². The van der Waals surface area contributed by atoms with Gasteiger partial charge in [-0.25, -0.2) is 9.78 Å². The van der Waals surface area contributed by atoms with Gasteiger partial charge in [-0.3, -0.25) is 14.5 Å². The predicted molar refractivity (Wildman–Crippen MR) is 121 cm³/mol. The Hall–Kier alpha value is -2.81. The molecule has 0 aromatic carbocycles. The van der Waals surface area contributed by atoms with E-state index < -0.39 is 11.4 Å². The highest BCUT2D eigenvalue weighted by molar-refractivity contribution is 6.17. The largest absolute Gasteiger partial charge is 0.477 e. The molecule has 0 amide bonds. The van der Waals surface area contributed by atoms with Gasteiger partial charge in [-0.2, -0.15) is 4.98 Å². The number of carbonyl (C=O) groups excluding carboxylic acids is 2. The van der Waals surface area contributed by atoms with E-state index in [1.54, 1.807) is 0 Å². The van der Waals surface area contributed by atoms with Crippen LogP contribution in [0, 0.1) is 5.41 Å². The number of likely N-dealkylation sites (tertiary alicyclic amines) is 1. The Morgan fingerprint density at radius 2 is 1.97 bits per heavy atom. The van der Waals surface area contributed by atoms with Crippen molar-refractivity contribution < 1.29 is 24.2 Å². The molecule has 1 aromatic heterocycles. The molecule has 2 heterocycles. The molecule has 2 saturated carbocycles. The maximum Gasteiger partial charge on any atom is 0.354 e. The quantitative estimate of drug-likeness (QED) is 0.506. The lowest BCUT2D eigenvalue weighted by Gasteiger charge is -2.38. The summed E-state index contributed by atoms with van der Waals surface area (Å²) >= 11 is 0. The molecule has 2 aliphatic carbocycles. The van der Waals surface area contributed by atoms with Crippen LogP contribution in [0.4, 0.5) is 0 Å². The van der Waals surface area contributed by atoms with Crippen molar-refractivity contribution >= 4 is 23.2 Å². The van der Waals surface area contributed by atoms with Crippen LogP contribution in [-0.2, 0) is 9.59 Å². The molecule has 1 aliphatic heterocycles. The van der Waals surface area contributed by atoms with Crippen LogP contribution >= 0.6 is 0 Å². The molecule has 9 nitrogen and oxygen atoms in total. The van der Waals surface area contributed by atoms with Crippen LogP contribution in [0.15, 0.2) is 11.6 Å². The van der Waals surface area contributed by atoms with Crippen molar-refractivity contribution in [3.63, 3.8) is 0 Å². The number of likely N-dealkylation sites (N-methyl/N-ethyl adjacent to an activating group) is 1. The molecule has 0 radical (unpaired) electrons. The first kappa shape index (κ1) is 23.4. The summed E-state index contributed by atoms with van der Waals surface area (Å²) in [6, 6.07) is 1.48. The van der Waals surface area contributed by atoms with E-state index in [0.29, 0.717) is 37.7 Å².